The number of rotatable bonds is 8. The van der Waals surface area contributed by atoms with Crippen molar-refractivity contribution in [1.29, 1.82) is 0 Å². The van der Waals surface area contributed by atoms with Crippen LogP contribution in [0, 0.1) is 0 Å². The van der Waals surface area contributed by atoms with Crippen LogP contribution in [0.5, 0.6) is 0 Å². The van der Waals surface area contributed by atoms with Gasteiger partial charge in [0, 0.05) is 6.42 Å². The largest absolute Gasteiger partial charge is 0.459 e. The minimum absolute atomic E-state index is 0.0405. The summed E-state index contributed by atoms with van der Waals surface area (Å²) in [6.07, 6.45) is 1.58. The van der Waals surface area contributed by atoms with Gasteiger partial charge in [0.2, 0.25) is 5.79 Å². The molecule has 0 aromatic rings. The van der Waals surface area contributed by atoms with Gasteiger partial charge in [0.1, 0.15) is 31.0 Å². The molecule has 2 saturated heterocycles. The number of ketones is 1. The van der Waals surface area contributed by atoms with Gasteiger partial charge in [-0.15, -0.1) is 6.58 Å². The molecule has 1 N–H and O–H groups in total. The fraction of sp³-hybridized carbons (Fsp3) is 0.750. The average molecular weight is 328 g/mol. The van der Waals surface area contributed by atoms with Crippen LogP contribution in [0.1, 0.15) is 39.5 Å². The van der Waals surface area contributed by atoms with Crippen molar-refractivity contribution in [1.82, 2.24) is 0 Å². The zero-order chi connectivity index (χ0) is 17.1. The van der Waals surface area contributed by atoms with Gasteiger partial charge < -0.3 is 24.1 Å². The van der Waals surface area contributed by atoms with E-state index in [2.05, 4.69) is 6.58 Å². The van der Waals surface area contributed by atoms with Crippen LogP contribution in [0.4, 0.5) is 0 Å². The van der Waals surface area contributed by atoms with Gasteiger partial charge in [-0.3, -0.25) is 9.59 Å². The third-order valence-corrected chi connectivity index (χ3v) is 3.75. The predicted molar refractivity (Wildman–Crippen MR) is 79.4 cm³/mol. The molecule has 0 unspecified atom stereocenters. The second-order valence-corrected chi connectivity index (χ2v) is 6.29. The zero-order valence-corrected chi connectivity index (χ0v) is 13.6. The molecule has 0 saturated carbocycles. The summed E-state index contributed by atoms with van der Waals surface area (Å²) in [7, 11) is 0. The summed E-state index contributed by atoms with van der Waals surface area (Å²) in [5.41, 5.74) is 0. The molecular weight excluding hydrogens is 304 g/mol. The van der Waals surface area contributed by atoms with E-state index in [-0.39, 0.29) is 25.4 Å². The van der Waals surface area contributed by atoms with E-state index in [4.69, 9.17) is 18.9 Å². The van der Waals surface area contributed by atoms with Gasteiger partial charge in [-0.05, 0) is 26.7 Å². The third kappa shape index (κ3) is 4.38. The zero-order valence-electron chi connectivity index (χ0n) is 13.6. The predicted octanol–water partition coefficient (Wildman–Crippen LogP) is 1.08. The summed E-state index contributed by atoms with van der Waals surface area (Å²) in [5, 5.41) is 9.90. The van der Waals surface area contributed by atoms with Crippen LogP contribution in [0.2, 0.25) is 0 Å². The van der Waals surface area contributed by atoms with Crippen LogP contribution in [-0.2, 0) is 28.5 Å². The summed E-state index contributed by atoms with van der Waals surface area (Å²) in [4.78, 5) is 23.4. The number of esters is 1. The van der Waals surface area contributed by atoms with Gasteiger partial charge in [-0.25, -0.2) is 0 Å². The Morgan fingerprint density at radius 1 is 1.43 bits per heavy atom. The normalized spacial score (nSPS) is 31.6. The van der Waals surface area contributed by atoms with Crippen molar-refractivity contribution >= 4 is 11.8 Å². The molecule has 7 heteroatoms. The summed E-state index contributed by atoms with van der Waals surface area (Å²) >= 11 is 0. The average Bonchev–Trinajstić information content (AvgIpc) is 2.89. The second kappa shape index (κ2) is 7.09. The van der Waals surface area contributed by atoms with Crippen molar-refractivity contribution in [3.05, 3.63) is 12.7 Å². The third-order valence-electron chi connectivity index (χ3n) is 3.75. The van der Waals surface area contributed by atoms with E-state index in [1.807, 2.05) is 0 Å². The fourth-order valence-corrected chi connectivity index (χ4v) is 2.77. The molecule has 2 aliphatic heterocycles. The smallest absolute Gasteiger partial charge is 0.313 e. The van der Waals surface area contributed by atoms with Crippen LogP contribution in [0.3, 0.4) is 0 Å². The van der Waals surface area contributed by atoms with E-state index in [0.717, 1.165) is 6.42 Å². The van der Waals surface area contributed by atoms with E-state index < -0.39 is 29.8 Å². The first-order chi connectivity index (χ1) is 10.8. The van der Waals surface area contributed by atoms with Crippen molar-refractivity contribution < 1.29 is 33.6 Å². The highest BCUT2D eigenvalue weighted by Crippen LogP contribution is 2.43. The number of fused-ring (bicyclic) bond motifs is 1. The molecule has 0 amide bonds. The Morgan fingerprint density at radius 3 is 2.87 bits per heavy atom. The van der Waals surface area contributed by atoms with E-state index in [9.17, 15) is 14.7 Å². The summed E-state index contributed by atoms with van der Waals surface area (Å²) < 4.78 is 21.9. The highest BCUT2D eigenvalue weighted by atomic mass is 16.9. The number of aliphatic hydroxyl groups excluding tert-OH is 1. The van der Waals surface area contributed by atoms with Gasteiger partial charge in [-0.2, -0.15) is 0 Å². The van der Waals surface area contributed by atoms with E-state index in [1.54, 1.807) is 19.9 Å². The highest BCUT2D eigenvalue weighted by molar-refractivity contribution is 5.95. The van der Waals surface area contributed by atoms with Gasteiger partial charge in [0.25, 0.3) is 0 Å². The molecule has 2 fully saturated rings. The van der Waals surface area contributed by atoms with Crippen LogP contribution in [0.25, 0.3) is 0 Å². The number of ether oxygens (including phenoxy) is 4. The fourth-order valence-electron chi connectivity index (χ4n) is 2.77. The molecule has 0 bridgehead atoms. The van der Waals surface area contributed by atoms with E-state index >= 15 is 0 Å². The minimum atomic E-state index is -1.32. The first-order valence-electron chi connectivity index (χ1n) is 7.76. The Labute approximate surface area is 135 Å². The maximum Gasteiger partial charge on any atom is 0.313 e. The number of aliphatic hydroxyl groups is 1. The van der Waals surface area contributed by atoms with Crippen LogP contribution < -0.4 is 0 Å². The number of hydrogen-bond acceptors (Lipinski definition) is 7. The van der Waals surface area contributed by atoms with Gasteiger partial charge in [0.15, 0.2) is 5.79 Å². The topological polar surface area (TPSA) is 91.3 Å². The first-order valence-corrected chi connectivity index (χ1v) is 7.76. The molecule has 0 aliphatic carbocycles. The second-order valence-electron chi connectivity index (χ2n) is 6.29. The molecular formula is C16H24O7. The summed E-state index contributed by atoms with van der Waals surface area (Å²) in [6, 6.07) is 0. The Balaban J connectivity index is 1.83. The van der Waals surface area contributed by atoms with Crippen molar-refractivity contribution in [2.75, 3.05) is 13.2 Å². The molecule has 0 aromatic heterocycles. The van der Waals surface area contributed by atoms with Crippen LogP contribution in [0.15, 0.2) is 12.7 Å². The quantitative estimate of drug-likeness (QED) is 0.308. The lowest BCUT2D eigenvalue weighted by atomic mass is 10.1. The van der Waals surface area contributed by atoms with E-state index in [1.165, 1.54) is 0 Å². The summed E-state index contributed by atoms with van der Waals surface area (Å²) in [5.74, 6) is -3.08. The SMILES string of the molecule is C=CCCCC(=O)CC(=O)OC[C@@]12OC[C@H](O)[C@@H]1OC(C)(C)O2. The number of Topliss-reactive ketones (excluding diaryl/α,β-unsaturated/α-hetero) is 1. The standard InChI is InChI=1S/C16H24O7/c1-4-5-6-7-11(17)8-13(19)20-10-16-14(12(18)9-21-16)22-15(2,3)23-16/h4,12,14,18H,1,5-10H2,2-3H3/t12-,14-,16-/m0/s1. The van der Waals surface area contributed by atoms with E-state index in [0.29, 0.717) is 12.8 Å². The molecule has 130 valence electrons. The lowest BCUT2D eigenvalue weighted by Crippen LogP contribution is -2.45. The number of allylic oxidation sites excluding steroid dienone is 1. The Kier molecular flexibility index (Phi) is 5.57. The Hall–Kier alpha value is -1.28. The molecule has 0 radical (unpaired) electrons. The van der Waals surface area contributed by atoms with Gasteiger partial charge in [0.05, 0.1) is 6.61 Å². The molecule has 3 atom stereocenters. The molecule has 0 aromatic carbocycles. The van der Waals surface area contributed by atoms with Crippen molar-refractivity contribution in [3.8, 4) is 0 Å². The lowest BCUT2D eigenvalue weighted by Gasteiger charge is -2.26. The maximum absolute atomic E-state index is 11.8. The van der Waals surface area contributed by atoms with Crippen LogP contribution in [-0.4, -0.2) is 53.9 Å². The molecule has 23 heavy (non-hydrogen) atoms. The molecule has 2 heterocycles. The highest BCUT2D eigenvalue weighted by Gasteiger charge is 2.62. The Bertz CT molecular complexity index is 473. The lowest BCUT2D eigenvalue weighted by molar-refractivity contribution is -0.262. The number of carbonyl (C=O) groups excluding carboxylic acids is 2. The van der Waals surface area contributed by atoms with Crippen LogP contribution >= 0.6 is 0 Å². The van der Waals surface area contributed by atoms with Gasteiger partial charge >= 0.3 is 5.97 Å². The number of unbranched alkanes of at least 4 members (excludes halogenated alkanes) is 1. The van der Waals surface area contributed by atoms with Crippen molar-refractivity contribution in [2.24, 2.45) is 0 Å². The molecule has 2 aliphatic rings. The summed E-state index contributed by atoms with van der Waals surface area (Å²) in [6.45, 7) is 6.77. The Morgan fingerprint density at radius 2 is 2.17 bits per heavy atom. The molecule has 2 rings (SSSR count). The van der Waals surface area contributed by atoms with Gasteiger partial charge in [-0.1, -0.05) is 6.08 Å². The molecule has 0 spiro atoms. The number of hydrogen-bond donors (Lipinski definition) is 1. The minimum Gasteiger partial charge on any atom is -0.459 e. The number of carbonyl (C=O) groups is 2. The van der Waals surface area contributed by atoms with Crippen molar-refractivity contribution in [2.45, 2.75) is 63.3 Å². The maximum atomic E-state index is 11.8. The van der Waals surface area contributed by atoms with Crippen molar-refractivity contribution in [3.63, 3.8) is 0 Å². The monoisotopic (exact) mass is 328 g/mol. The molecule has 7 nitrogen and oxygen atoms in total. The first kappa shape index (κ1) is 18.1.